The van der Waals surface area contributed by atoms with Crippen LogP contribution in [0.3, 0.4) is 0 Å². The molecule has 2 saturated heterocycles. The molecule has 0 saturated carbocycles. The normalized spacial score (nSPS) is 18.1. The summed E-state index contributed by atoms with van der Waals surface area (Å²) in [7, 11) is 0. The van der Waals surface area contributed by atoms with E-state index in [1.165, 1.54) is 16.9 Å². The van der Waals surface area contributed by atoms with Crippen molar-refractivity contribution in [3.05, 3.63) is 58.9 Å². The Balaban J connectivity index is 1.18. The number of hydrogen-bond acceptors (Lipinski definition) is 6. The maximum Gasteiger partial charge on any atom is 0.323 e. The van der Waals surface area contributed by atoms with Crippen molar-refractivity contribution in [1.29, 1.82) is 0 Å². The molecule has 174 valence electrons. The van der Waals surface area contributed by atoms with E-state index < -0.39 is 0 Å². The third-order valence-corrected chi connectivity index (χ3v) is 7.14. The highest BCUT2D eigenvalue weighted by Gasteiger charge is 2.23. The van der Waals surface area contributed by atoms with Gasteiger partial charge in [0.1, 0.15) is 5.82 Å². The molecule has 0 spiro atoms. The third kappa shape index (κ3) is 4.86. The van der Waals surface area contributed by atoms with Gasteiger partial charge >= 0.3 is 6.03 Å². The number of aliphatic hydroxyl groups is 1. The maximum atomic E-state index is 12.5. The summed E-state index contributed by atoms with van der Waals surface area (Å²) >= 11 is 1.34. The summed E-state index contributed by atoms with van der Waals surface area (Å²) in [6, 6.07) is 16.9. The number of thiazole rings is 1. The molecule has 2 aromatic carbocycles. The Morgan fingerprint density at radius 2 is 1.82 bits per heavy atom. The largest absolute Gasteiger partial charge is 0.391 e. The van der Waals surface area contributed by atoms with Crippen LogP contribution in [0.25, 0.3) is 11.1 Å². The van der Waals surface area contributed by atoms with E-state index in [-0.39, 0.29) is 12.1 Å². The van der Waals surface area contributed by atoms with Crippen molar-refractivity contribution in [3.8, 4) is 23.5 Å². The zero-order valence-electron chi connectivity index (χ0n) is 18.9. The van der Waals surface area contributed by atoms with Crippen molar-refractivity contribution in [2.75, 3.05) is 54.4 Å². The SMILES string of the molecule is C#Cc1nc(NC(=O)N2CCN(c3ccc(-c4cccc(N5CCC(O)C5)c4)cc3)CC2)cs1. The maximum absolute atomic E-state index is 12.5. The fourth-order valence-corrected chi connectivity index (χ4v) is 5.03. The molecular formula is C26H27N5O2S. The van der Waals surface area contributed by atoms with Crippen molar-refractivity contribution < 1.29 is 9.90 Å². The average Bonchev–Trinajstić information content (AvgIpc) is 3.53. The van der Waals surface area contributed by atoms with Crippen LogP contribution in [0.4, 0.5) is 22.0 Å². The molecule has 2 amide bonds. The number of β-amino-alcohol motifs (C(OH)–C–C–N with tert-alkyl or cyclic N) is 1. The monoisotopic (exact) mass is 473 g/mol. The minimum absolute atomic E-state index is 0.144. The molecule has 8 heteroatoms. The lowest BCUT2D eigenvalue weighted by Crippen LogP contribution is -2.50. The predicted molar refractivity (Wildman–Crippen MR) is 138 cm³/mol. The highest BCUT2D eigenvalue weighted by atomic mass is 32.1. The summed E-state index contributed by atoms with van der Waals surface area (Å²) in [6.07, 6.45) is 5.94. The molecular weight excluding hydrogens is 446 g/mol. The zero-order valence-corrected chi connectivity index (χ0v) is 19.7. The van der Waals surface area contributed by atoms with Gasteiger partial charge < -0.3 is 19.8 Å². The molecule has 2 aliphatic rings. The molecule has 0 bridgehead atoms. The summed E-state index contributed by atoms with van der Waals surface area (Å²) in [4.78, 5) is 23.1. The fourth-order valence-electron chi connectivity index (χ4n) is 4.48. The number of benzene rings is 2. The van der Waals surface area contributed by atoms with Crippen LogP contribution < -0.4 is 15.1 Å². The zero-order chi connectivity index (χ0) is 23.5. The second-order valence-corrected chi connectivity index (χ2v) is 9.43. The van der Waals surface area contributed by atoms with E-state index in [2.05, 4.69) is 74.6 Å². The number of carbonyl (C=O) groups excluding carboxylic acids is 1. The Morgan fingerprint density at radius 1 is 1.03 bits per heavy atom. The number of urea groups is 1. The molecule has 2 aliphatic heterocycles. The van der Waals surface area contributed by atoms with E-state index in [1.54, 1.807) is 10.3 Å². The smallest absolute Gasteiger partial charge is 0.323 e. The van der Waals surface area contributed by atoms with Gasteiger partial charge in [-0.25, -0.2) is 9.78 Å². The number of terminal acetylenes is 1. The second kappa shape index (κ2) is 9.75. The third-order valence-electron chi connectivity index (χ3n) is 6.37. The molecule has 3 heterocycles. The molecule has 5 rings (SSSR count). The van der Waals surface area contributed by atoms with E-state index in [4.69, 9.17) is 6.42 Å². The Labute approximate surface area is 203 Å². The molecule has 2 N–H and O–H groups in total. The summed E-state index contributed by atoms with van der Waals surface area (Å²) < 4.78 is 0. The summed E-state index contributed by atoms with van der Waals surface area (Å²) in [5.74, 6) is 2.99. The van der Waals surface area contributed by atoms with Crippen molar-refractivity contribution in [1.82, 2.24) is 9.88 Å². The van der Waals surface area contributed by atoms with Gasteiger partial charge in [0.25, 0.3) is 0 Å². The van der Waals surface area contributed by atoms with Gasteiger partial charge in [-0.3, -0.25) is 5.32 Å². The molecule has 1 aromatic heterocycles. The first-order chi connectivity index (χ1) is 16.6. The van der Waals surface area contributed by atoms with Gasteiger partial charge in [0.15, 0.2) is 5.01 Å². The number of amides is 2. The molecule has 1 atom stereocenters. The number of hydrogen-bond donors (Lipinski definition) is 2. The first-order valence-corrected chi connectivity index (χ1v) is 12.3. The summed E-state index contributed by atoms with van der Waals surface area (Å²) in [5, 5.41) is 15.0. The number of anilines is 3. The van der Waals surface area contributed by atoms with Gasteiger partial charge in [-0.1, -0.05) is 24.3 Å². The number of aromatic nitrogens is 1. The number of aliphatic hydroxyl groups excluding tert-OH is 1. The van der Waals surface area contributed by atoms with Crippen molar-refractivity contribution >= 4 is 34.6 Å². The van der Waals surface area contributed by atoms with Crippen LogP contribution in [0.5, 0.6) is 0 Å². The quantitative estimate of drug-likeness (QED) is 0.565. The Bertz CT molecular complexity index is 1190. The lowest BCUT2D eigenvalue weighted by Gasteiger charge is -2.36. The van der Waals surface area contributed by atoms with Crippen LogP contribution in [0.15, 0.2) is 53.9 Å². The first kappa shape index (κ1) is 22.3. The van der Waals surface area contributed by atoms with Crippen LogP contribution in [0.2, 0.25) is 0 Å². The van der Waals surface area contributed by atoms with Gasteiger partial charge in [-0.05, 0) is 47.7 Å². The average molecular weight is 474 g/mol. The topological polar surface area (TPSA) is 71.9 Å². The lowest BCUT2D eigenvalue weighted by molar-refractivity contribution is 0.198. The van der Waals surface area contributed by atoms with Crippen LogP contribution in [0, 0.1) is 12.3 Å². The molecule has 1 unspecified atom stereocenters. The van der Waals surface area contributed by atoms with Crippen LogP contribution in [0.1, 0.15) is 11.4 Å². The fraction of sp³-hybridized carbons (Fsp3) is 0.308. The van der Waals surface area contributed by atoms with Gasteiger partial charge in [-0.2, -0.15) is 0 Å². The Morgan fingerprint density at radius 3 is 2.50 bits per heavy atom. The standard InChI is InChI=1S/C26H27N5O2S/c1-2-25-27-24(18-34-25)28-26(33)30-14-12-29(13-15-30)21-8-6-19(7-9-21)20-4-3-5-22(16-20)31-11-10-23(32)17-31/h1,3-9,16,18,23,32H,10-15,17H2,(H,28,33). The minimum atomic E-state index is -0.233. The number of carbonyl (C=O) groups is 1. The molecule has 0 aliphatic carbocycles. The predicted octanol–water partition coefficient (Wildman–Crippen LogP) is 3.72. The first-order valence-electron chi connectivity index (χ1n) is 11.5. The van der Waals surface area contributed by atoms with E-state index >= 15 is 0 Å². The second-order valence-electron chi connectivity index (χ2n) is 8.57. The van der Waals surface area contributed by atoms with Crippen LogP contribution in [-0.4, -0.2) is 66.4 Å². The molecule has 2 fully saturated rings. The number of piperazine rings is 1. The highest BCUT2D eigenvalue weighted by molar-refractivity contribution is 7.10. The van der Waals surface area contributed by atoms with Gasteiger partial charge in [0, 0.05) is 56.0 Å². The highest BCUT2D eigenvalue weighted by Crippen LogP contribution is 2.29. The van der Waals surface area contributed by atoms with Crippen molar-refractivity contribution in [2.24, 2.45) is 0 Å². The van der Waals surface area contributed by atoms with E-state index in [0.29, 0.717) is 30.5 Å². The molecule has 3 aromatic rings. The van der Waals surface area contributed by atoms with Crippen LogP contribution >= 0.6 is 11.3 Å². The van der Waals surface area contributed by atoms with Gasteiger partial charge in [-0.15, -0.1) is 17.8 Å². The number of nitrogens with one attached hydrogen (secondary N) is 1. The lowest BCUT2D eigenvalue weighted by atomic mass is 10.0. The number of nitrogens with zero attached hydrogens (tertiary/aromatic N) is 4. The summed E-state index contributed by atoms with van der Waals surface area (Å²) in [5.41, 5.74) is 4.64. The Hall–Kier alpha value is -3.54. The molecule has 34 heavy (non-hydrogen) atoms. The van der Waals surface area contributed by atoms with Crippen molar-refractivity contribution in [3.63, 3.8) is 0 Å². The Kier molecular flexibility index (Phi) is 6.39. The van der Waals surface area contributed by atoms with Crippen LogP contribution in [-0.2, 0) is 0 Å². The van der Waals surface area contributed by atoms with E-state index in [0.717, 1.165) is 43.0 Å². The molecule has 0 radical (unpaired) electrons. The molecule has 7 nitrogen and oxygen atoms in total. The van der Waals surface area contributed by atoms with E-state index in [9.17, 15) is 9.90 Å². The van der Waals surface area contributed by atoms with Gasteiger partial charge in [0.2, 0.25) is 0 Å². The van der Waals surface area contributed by atoms with E-state index in [1.807, 2.05) is 0 Å². The van der Waals surface area contributed by atoms with Crippen molar-refractivity contribution in [2.45, 2.75) is 12.5 Å². The minimum Gasteiger partial charge on any atom is -0.391 e. The van der Waals surface area contributed by atoms with Gasteiger partial charge in [0.05, 0.1) is 6.10 Å². The summed E-state index contributed by atoms with van der Waals surface area (Å²) in [6.45, 7) is 4.41. The number of rotatable bonds is 4.